The first-order valence-electron chi connectivity index (χ1n) is 25.1. The van der Waals surface area contributed by atoms with E-state index < -0.39 is 0 Å². The SMILES string of the molecule is CC1(C)c2cc(N(c3ccc(/C=C/c4ccccc4)cc3)c3ccc(/C=C/c4ccccc4)cc3)ccc2-c2ccc(N(c3ccc(/C=C/c4ccccc4)cc3)c3ccc(/C=C/c4ccccc4)cc3)cc21. The highest BCUT2D eigenvalue weighted by molar-refractivity contribution is 5.89. The molecule has 0 aliphatic heterocycles. The number of hydrogen-bond acceptors (Lipinski definition) is 2. The van der Waals surface area contributed by atoms with E-state index in [1.807, 2.05) is 0 Å². The van der Waals surface area contributed by atoms with Gasteiger partial charge in [-0.15, -0.1) is 0 Å². The molecular formula is C71H56N2. The quantitative estimate of drug-likeness (QED) is 0.100. The van der Waals surface area contributed by atoms with Crippen LogP contribution in [0.2, 0.25) is 0 Å². The van der Waals surface area contributed by atoms with Crippen molar-refractivity contribution >= 4 is 82.7 Å². The van der Waals surface area contributed by atoms with Crippen LogP contribution in [0.1, 0.15) is 69.5 Å². The standard InChI is InChI=1S/C71H56N2/c1-71(2)69-51-65(72(61-39-31-57(32-40-61)27-23-53-15-7-3-8-16-53)62-41-33-58(34-42-62)28-24-54-17-9-4-10-18-54)47-49-67(69)68-50-48-66(52-70(68)71)73(63-43-35-59(36-44-63)29-25-55-19-11-5-12-20-55)64-45-37-60(38-46-64)30-26-56-21-13-6-14-22-56/h3-52H,1-2H3/b27-23+,28-24+,29-25+,30-26+. The van der Waals surface area contributed by atoms with Gasteiger partial charge in [-0.05, 0) is 140 Å². The minimum absolute atomic E-state index is 0.287. The van der Waals surface area contributed by atoms with Crippen molar-refractivity contribution in [2.75, 3.05) is 9.80 Å². The smallest absolute Gasteiger partial charge is 0.0465 e. The van der Waals surface area contributed by atoms with Crippen LogP contribution in [0.4, 0.5) is 34.1 Å². The second kappa shape index (κ2) is 21.0. The van der Waals surface area contributed by atoms with Gasteiger partial charge in [-0.25, -0.2) is 0 Å². The lowest BCUT2D eigenvalue weighted by Gasteiger charge is -2.29. The molecule has 0 unspecified atom stereocenters. The van der Waals surface area contributed by atoms with Gasteiger partial charge in [-0.3, -0.25) is 0 Å². The molecule has 1 aliphatic rings. The predicted molar refractivity (Wildman–Crippen MR) is 315 cm³/mol. The Labute approximate surface area is 431 Å². The Bertz CT molecular complexity index is 3140. The van der Waals surface area contributed by atoms with Crippen molar-refractivity contribution in [2.45, 2.75) is 19.3 Å². The minimum atomic E-state index is -0.287. The second-order valence-corrected chi connectivity index (χ2v) is 19.1. The Morgan fingerprint density at radius 1 is 0.233 bits per heavy atom. The molecule has 0 radical (unpaired) electrons. The Kier molecular flexibility index (Phi) is 13.3. The molecule has 0 saturated heterocycles. The fourth-order valence-corrected chi connectivity index (χ4v) is 9.85. The van der Waals surface area contributed by atoms with Gasteiger partial charge in [-0.2, -0.15) is 0 Å². The van der Waals surface area contributed by atoms with Crippen molar-refractivity contribution in [1.82, 2.24) is 0 Å². The molecule has 2 nitrogen and oxygen atoms in total. The van der Waals surface area contributed by atoms with Gasteiger partial charge in [0.2, 0.25) is 0 Å². The monoisotopic (exact) mass is 936 g/mol. The third-order valence-corrected chi connectivity index (χ3v) is 13.8. The summed E-state index contributed by atoms with van der Waals surface area (Å²) in [6.45, 7) is 4.76. The summed E-state index contributed by atoms with van der Waals surface area (Å²) in [6.07, 6.45) is 17.4. The maximum atomic E-state index is 2.42. The molecule has 0 heterocycles. The normalized spacial score (nSPS) is 12.7. The Morgan fingerprint density at radius 2 is 0.438 bits per heavy atom. The Morgan fingerprint density at radius 3 is 0.671 bits per heavy atom. The lowest BCUT2D eigenvalue weighted by Crippen LogP contribution is -2.17. The van der Waals surface area contributed by atoms with Crippen LogP contribution in [0.5, 0.6) is 0 Å². The van der Waals surface area contributed by atoms with E-state index in [1.165, 1.54) is 44.5 Å². The van der Waals surface area contributed by atoms with Crippen LogP contribution in [0, 0.1) is 0 Å². The molecular weight excluding hydrogens is 881 g/mol. The van der Waals surface area contributed by atoms with Crippen molar-refractivity contribution in [3.63, 3.8) is 0 Å². The highest BCUT2D eigenvalue weighted by Gasteiger charge is 2.37. The predicted octanol–water partition coefficient (Wildman–Crippen LogP) is 19.6. The van der Waals surface area contributed by atoms with Crippen LogP contribution in [0.3, 0.4) is 0 Å². The molecule has 0 atom stereocenters. The van der Waals surface area contributed by atoms with E-state index in [9.17, 15) is 0 Å². The molecule has 0 amide bonds. The summed E-state index contributed by atoms with van der Waals surface area (Å²) < 4.78 is 0. The third kappa shape index (κ3) is 10.5. The van der Waals surface area contributed by atoms with E-state index in [0.717, 1.165) is 56.4 Å². The molecule has 1 aliphatic carbocycles. The van der Waals surface area contributed by atoms with Crippen molar-refractivity contribution < 1.29 is 0 Å². The number of rotatable bonds is 14. The molecule has 10 aromatic rings. The fraction of sp³-hybridized carbons (Fsp3) is 0.0423. The molecule has 11 rings (SSSR count). The Hall–Kier alpha value is -9.24. The van der Waals surface area contributed by atoms with Crippen molar-refractivity contribution in [3.05, 3.63) is 310 Å². The molecule has 0 N–H and O–H groups in total. The maximum absolute atomic E-state index is 2.42. The van der Waals surface area contributed by atoms with Crippen LogP contribution >= 0.6 is 0 Å². The van der Waals surface area contributed by atoms with E-state index in [-0.39, 0.29) is 5.41 Å². The molecule has 10 aromatic carbocycles. The Balaban J connectivity index is 0.936. The summed E-state index contributed by atoms with van der Waals surface area (Å²) in [6, 6.07) is 91.5. The molecule has 0 saturated carbocycles. The minimum Gasteiger partial charge on any atom is -0.310 e. The fourth-order valence-electron chi connectivity index (χ4n) is 9.85. The lowest BCUT2D eigenvalue weighted by atomic mass is 9.82. The van der Waals surface area contributed by atoms with Crippen molar-refractivity contribution in [1.29, 1.82) is 0 Å². The molecule has 2 heteroatoms. The number of anilines is 6. The first-order chi connectivity index (χ1) is 35.9. The topological polar surface area (TPSA) is 6.48 Å². The summed E-state index contributed by atoms with van der Waals surface area (Å²) in [5.74, 6) is 0. The maximum Gasteiger partial charge on any atom is 0.0465 e. The van der Waals surface area contributed by atoms with Gasteiger partial charge in [0.15, 0.2) is 0 Å². The number of fused-ring (bicyclic) bond motifs is 3. The average molecular weight is 937 g/mol. The first-order valence-corrected chi connectivity index (χ1v) is 25.1. The molecule has 73 heavy (non-hydrogen) atoms. The van der Waals surface area contributed by atoms with E-state index in [0.29, 0.717) is 0 Å². The van der Waals surface area contributed by atoms with Crippen LogP contribution in [-0.2, 0) is 5.41 Å². The van der Waals surface area contributed by atoms with E-state index in [2.05, 4.69) is 327 Å². The molecule has 350 valence electrons. The van der Waals surface area contributed by atoms with Crippen LogP contribution in [-0.4, -0.2) is 0 Å². The van der Waals surface area contributed by atoms with Crippen molar-refractivity contribution in [3.8, 4) is 11.1 Å². The zero-order chi connectivity index (χ0) is 49.4. The second-order valence-electron chi connectivity index (χ2n) is 19.1. The summed E-state index contributed by atoms with van der Waals surface area (Å²) in [5.41, 5.74) is 20.8. The van der Waals surface area contributed by atoms with Crippen molar-refractivity contribution in [2.24, 2.45) is 0 Å². The van der Waals surface area contributed by atoms with Crippen LogP contribution in [0.15, 0.2) is 255 Å². The highest BCUT2D eigenvalue weighted by Crippen LogP contribution is 2.52. The number of hydrogen-bond donors (Lipinski definition) is 0. The van der Waals surface area contributed by atoms with Crippen LogP contribution < -0.4 is 9.80 Å². The largest absolute Gasteiger partial charge is 0.310 e. The van der Waals surface area contributed by atoms with Gasteiger partial charge in [0.25, 0.3) is 0 Å². The highest BCUT2D eigenvalue weighted by atomic mass is 15.1. The zero-order valence-electron chi connectivity index (χ0n) is 41.3. The van der Waals surface area contributed by atoms with Gasteiger partial charge in [0.05, 0.1) is 0 Å². The van der Waals surface area contributed by atoms with Gasteiger partial charge < -0.3 is 9.80 Å². The summed E-state index contributed by atoms with van der Waals surface area (Å²) in [7, 11) is 0. The van der Waals surface area contributed by atoms with Gasteiger partial charge in [-0.1, -0.05) is 244 Å². The molecule has 0 spiro atoms. The summed E-state index contributed by atoms with van der Waals surface area (Å²) >= 11 is 0. The average Bonchev–Trinajstić information content (AvgIpc) is 3.68. The molecule has 0 aromatic heterocycles. The summed E-state index contributed by atoms with van der Waals surface area (Å²) in [5, 5.41) is 0. The molecule has 0 bridgehead atoms. The summed E-state index contributed by atoms with van der Waals surface area (Å²) in [4.78, 5) is 4.78. The van der Waals surface area contributed by atoms with Gasteiger partial charge >= 0.3 is 0 Å². The van der Waals surface area contributed by atoms with Crippen LogP contribution in [0.25, 0.3) is 59.7 Å². The van der Waals surface area contributed by atoms with Gasteiger partial charge in [0.1, 0.15) is 0 Å². The number of nitrogens with zero attached hydrogens (tertiary/aromatic N) is 2. The lowest BCUT2D eigenvalue weighted by molar-refractivity contribution is 0.660. The number of benzene rings is 10. The third-order valence-electron chi connectivity index (χ3n) is 13.8. The van der Waals surface area contributed by atoms with E-state index in [1.54, 1.807) is 0 Å². The first kappa shape index (κ1) is 46.2. The zero-order valence-corrected chi connectivity index (χ0v) is 41.3. The molecule has 0 fully saturated rings. The van der Waals surface area contributed by atoms with E-state index in [4.69, 9.17) is 0 Å². The van der Waals surface area contributed by atoms with Gasteiger partial charge in [0, 0.05) is 39.5 Å². The van der Waals surface area contributed by atoms with E-state index >= 15 is 0 Å².